The minimum atomic E-state index is -3.59. The summed E-state index contributed by atoms with van der Waals surface area (Å²) >= 11 is 7.71. The van der Waals surface area contributed by atoms with Crippen LogP contribution in [0.4, 0.5) is 10.5 Å². The maximum absolute atomic E-state index is 13.3. The van der Waals surface area contributed by atoms with Crippen molar-refractivity contribution in [3.8, 4) is 0 Å². The SMILES string of the molecule is O=C1OCc2c(Cl)cccc2N1C1CCN(S(=O)(=O)c2csc3ccccc23)CC1. The number of benzene rings is 2. The van der Waals surface area contributed by atoms with Crippen molar-refractivity contribution in [2.24, 2.45) is 0 Å². The van der Waals surface area contributed by atoms with Crippen LogP contribution in [0.2, 0.25) is 5.02 Å². The molecule has 0 bridgehead atoms. The molecule has 5 rings (SSSR count). The summed E-state index contributed by atoms with van der Waals surface area (Å²) < 4.78 is 34.3. The Labute approximate surface area is 183 Å². The number of hydrogen-bond donors (Lipinski definition) is 0. The van der Waals surface area contributed by atoms with Gasteiger partial charge in [0.1, 0.15) is 11.5 Å². The Bertz CT molecular complexity index is 1230. The monoisotopic (exact) mass is 462 g/mol. The zero-order chi connectivity index (χ0) is 20.9. The molecular weight excluding hydrogens is 444 g/mol. The molecule has 9 heteroatoms. The number of carbonyl (C=O) groups excluding carboxylic acids is 1. The predicted octanol–water partition coefficient (Wildman–Crippen LogP) is 4.86. The Morgan fingerprint density at radius 2 is 1.83 bits per heavy atom. The molecule has 2 aliphatic heterocycles. The summed E-state index contributed by atoms with van der Waals surface area (Å²) in [5.74, 6) is 0. The van der Waals surface area contributed by atoms with E-state index < -0.39 is 16.1 Å². The van der Waals surface area contributed by atoms with Crippen LogP contribution in [0, 0.1) is 0 Å². The number of fused-ring (bicyclic) bond motifs is 2. The topological polar surface area (TPSA) is 66.9 Å². The molecule has 0 aliphatic carbocycles. The van der Waals surface area contributed by atoms with Crippen LogP contribution >= 0.6 is 22.9 Å². The summed E-state index contributed by atoms with van der Waals surface area (Å²) in [6, 6.07) is 12.8. The van der Waals surface area contributed by atoms with Gasteiger partial charge < -0.3 is 4.74 Å². The second kappa shape index (κ2) is 7.53. The molecule has 0 atom stereocenters. The summed E-state index contributed by atoms with van der Waals surface area (Å²) in [6.45, 7) is 0.844. The van der Waals surface area contributed by atoms with Gasteiger partial charge in [0.05, 0.1) is 5.69 Å². The maximum Gasteiger partial charge on any atom is 0.414 e. The van der Waals surface area contributed by atoms with E-state index in [0.29, 0.717) is 35.8 Å². The van der Waals surface area contributed by atoms with Crippen molar-refractivity contribution < 1.29 is 17.9 Å². The lowest BCUT2D eigenvalue weighted by molar-refractivity contribution is 0.136. The van der Waals surface area contributed by atoms with Gasteiger partial charge in [-0.05, 0) is 31.0 Å². The highest BCUT2D eigenvalue weighted by atomic mass is 35.5. The summed E-state index contributed by atoms with van der Waals surface area (Å²) in [5.41, 5.74) is 1.54. The number of hydrogen-bond acceptors (Lipinski definition) is 5. The van der Waals surface area contributed by atoms with Crippen molar-refractivity contribution in [2.45, 2.75) is 30.4 Å². The number of carbonyl (C=O) groups is 1. The number of rotatable bonds is 3. The first-order chi connectivity index (χ1) is 14.5. The summed E-state index contributed by atoms with van der Waals surface area (Å²) in [4.78, 5) is 14.5. The predicted molar refractivity (Wildman–Crippen MR) is 118 cm³/mol. The Balaban J connectivity index is 1.38. The summed E-state index contributed by atoms with van der Waals surface area (Å²) in [5, 5.41) is 3.04. The zero-order valence-electron chi connectivity index (χ0n) is 16.0. The van der Waals surface area contributed by atoms with E-state index in [1.807, 2.05) is 36.4 Å². The van der Waals surface area contributed by atoms with Gasteiger partial charge in [-0.15, -0.1) is 11.3 Å². The maximum atomic E-state index is 13.3. The lowest BCUT2D eigenvalue weighted by atomic mass is 10.0. The summed E-state index contributed by atoms with van der Waals surface area (Å²) in [6.07, 6.45) is 0.653. The van der Waals surface area contributed by atoms with Gasteiger partial charge >= 0.3 is 6.09 Å². The molecule has 3 heterocycles. The van der Waals surface area contributed by atoms with E-state index in [-0.39, 0.29) is 12.6 Å². The lowest BCUT2D eigenvalue weighted by Crippen LogP contribution is -2.50. The largest absolute Gasteiger partial charge is 0.444 e. The molecule has 156 valence electrons. The lowest BCUT2D eigenvalue weighted by Gasteiger charge is -2.39. The fraction of sp³-hybridized carbons (Fsp3) is 0.286. The van der Waals surface area contributed by atoms with Crippen LogP contribution in [-0.4, -0.2) is 37.9 Å². The van der Waals surface area contributed by atoms with Gasteiger partial charge in [0.25, 0.3) is 0 Å². The molecular formula is C21H19ClN2O4S2. The zero-order valence-corrected chi connectivity index (χ0v) is 18.3. The van der Waals surface area contributed by atoms with Gasteiger partial charge in [-0.25, -0.2) is 13.2 Å². The fourth-order valence-electron chi connectivity index (χ4n) is 4.20. The molecule has 0 N–H and O–H groups in total. The minimum absolute atomic E-state index is 0.138. The third-order valence-corrected chi connectivity index (χ3v) is 9.15. The number of thiophene rings is 1. The highest BCUT2D eigenvalue weighted by Crippen LogP contribution is 2.37. The van der Waals surface area contributed by atoms with E-state index in [2.05, 4.69) is 0 Å². The average molecular weight is 463 g/mol. The minimum Gasteiger partial charge on any atom is -0.444 e. The van der Waals surface area contributed by atoms with Gasteiger partial charge in [0.15, 0.2) is 0 Å². The van der Waals surface area contributed by atoms with Crippen LogP contribution in [0.1, 0.15) is 18.4 Å². The van der Waals surface area contributed by atoms with Crippen LogP contribution in [0.15, 0.2) is 52.7 Å². The van der Waals surface area contributed by atoms with Crippen molar-refractivity contribution >= 4 is 54.8 Å². The first-order valence-electron chi connectivity index (χ1n) is 9.66. The fourth-order valence-corrected chi connectivity index (χ4v) is 7.36. The number of anilines is 1. The number of nitrogens with zero attached hydrogens (tertiary/aromatic N) is 2. The number of sulfonamides is 1. The molecule has 2 aromatic carbocycles. The Hall–Kier alpha value is -2.13. The Morgan fingerprint density at radius 3 is 2.63 bits per heavy atom. The average Bonchev–Trinajstić information content (AvgIpc) is 3.19. The van der Waals surface area contributed by atoms with Crippen LogP contribution in [0.3, 0.4) is 0 Å². The van der Waals surface area contributed by atoms with Crippen LogP contribution < -0.4 is 4.90 Å². The Kier molecular flexibility index (Phi) is 4.97. The molecule has 2 aliphatic rings. The van der Waals surface area contributed by atoms with Crippen LogP contribution in [0.25, 0.3) is 10.1 Å². The third-order valence-electron chi connectivity index (χ3n) is 5.74. The van der Waals surface area contributed by atoms with E-state index in [4.69, 9.17) is 16.3 Å². The van der Waals surface area contributed by atoms with Crippen LogP contribution in [0.5, 0.6) is 0 Å². The van der Waals surface area contributed by atoms with E-state index in [1.165, 1.54) is 15.6 Å². The van der Waals surface area contributed by atoms with Gasteiger partial charge in [-0.1, -0.05) is 35.9 Å². The standard InChI is InChI=1S/C21H19ClN2O4S2/c22-17-5-3-6-18-16(17)12-28-21(25)24(18)14-8-10-23(11-9-14)30(26,27)20-13-29-19-7-2-1-4-15(19)20/h1-7,13-14H,8-12H2. The van der Waals surface area contributed by atoms with Gasteiger partial charge in [-0.3, -0.25) is 4.90 Å². The quantitative estimate of drug-likeness (QED) is 0.557. The number of ether oxygens (including phenoxy) is 1. The molecule has 1 fully saturated rings. The molecule has 6 nitrogen and oxygen atoms in total. The number of piperidine rings is 1. The van der Waals surface area contributed by atoms with E-state index in [9.17, 15) is 13.2 Å². The first kappa shape index (κ1) is 19.8. The number of cyclic esters (lactones) is 1. The van der Waals surface area contributed by atoms with Crippen LogP contribution in [-0.2, 0) is 21.4 Å². The van der Waals surface area contributed by atoms with Crippen molar-refractivity contribution in [3.63, 3.8) is 0 Å². The first-order valence-corrected chi connectivity index (χ1v) is 12.4. The highest BCUT2D eigenvalue weighted by Gasteiger charge is 2.38. The van der Waals surface area contributed by atoms with Crippen molar-refractivity contribution in [3.05, 3.63) is 58.4 Å². The van der Waals surface area contributed by atoms with Gasteiger partial charge in [0.2, 0.25) is 10.0 Å². The molecule has 0 spiro atoms. The molecule has 0 radical (unpaired) electrons. The normalized spacial score (nSPS) is 18.4. The van der Waals surface area contributed by atoms with Gasteiger partial charge in [-0.2, -0.15) is 4.31 Å². The van der Waals surface area contributed by atoms with E-state index in [0.717, 1.165) is 21.3 Å². The molecule has 0 unspecified atom stereocenters. The highest BCUT2D eigenvalue weighted by molar-refractivity contribution is 7.89. The second-order valence-electron chi connectivity index (χ2n) is 7.39. The van der Waals surface area contributed by atoms with Crippen molar-refractivity contribution in [1.29, 1.82) is 0 Å². The second-order valence-corrected chi connectivity index (χ2v) is 10.6. The third kappa shape index (κ3) is 3.19. The molecule has 1 saturated heterocycles. The van der Waals surface area contributed by atoms with Crippen molar-refractivity contribution in [2.75, 3.05) is 18.0 Å². The van der Waals surface area contributed by atoms with E-state index in [1.54, 1.807) is 16.3 Å². The Morgan fingerprint density at radius 1 is 1.07 bits per heavy atom. The number of halogens is 1. The molecule has 1 aromatic heterocycles. The molecule has 30 heavy (non-hydrogen) atoms. The summed E-state index contributed by atoms with van der Waals surface area (Å²) in [7, 11) is -3.59. The number of amides is 1. The van der Waals surface area contributed by atoms with E-state index >= 15 is 0 Å². The van der Waals surface area contributed by atoms with Crippen molar-refractivity contribution in [1.82, 2.24) is 4.31 Å². The molecule has 1 amide bonds. The molecule has 0 saturated carbocycles. The smallest absolute Gasteiger partial charge is 0.414 e. The van der Waals surface area contributed by atoms with Gasteiger partial charge in [0, 0.05) is 45.2 Å². The molecule has 3 aromatic rings.